The predicted molar refractivity (Wildman–Crippen MR) is 122 cm³/mol. The van der Waals surface area contributed by atoms with E-state index in [4.69, 9.17) is 9.88 Å². The number of sulfonamides is 1. The first-order valence-electron chi connectivity index (χ1n) is 9.54. The van der Waals surface area contributed by atoms with E-state index in [1.165, 1.54) is 24.3 Å². The first-order chi connectivity index (χ1) is 15.7. The van der Waals surface area contributed by atoms with Crippen LogP contribution in [0.4, 0.5) is 27.5 Å². The van der Waals surface area contributed by atoms with Crippen LogP contribution in [0.3, 0.4) is 0 Å². The van der Waals surface area contributed by atoms with Crippen molar-refractivity contribution in [3.8, 4) is 5.75 Å². The zero-order valence-electron chi connectivity index (χ0n) is 17.3. The molecule has 0 unspecified atom stereocenters. The lowest BCUT2D eigenvalue weighted by Gasteiger charge is -2.11. The summed E-state index contributed by atoms with van der Waals surface area (Å²) in [6.45, 7) is 3.72. The number of halogens is 1. The molecule has 0 atom stereocenters. The molecular formula is C21H21FN6O4S. The number of anilines is 4. The fraction of sp³-hybridized carbons (Fsp3) is 0.0952. The van der Waals surface area contributed by atoms with Gasteiger partial charge in [0.2, 0.25) is 16.0 Å². The van der Waals surface area contributed by atoms with E-state index in [0.29, 0.717) is 23.7 Å². The number of rotatable bonds is 10. The molecule has 172 valence electrons. The molecule has 1 heterocycles. The zero-order valence-corrected chi connectivity index (χ0v) is 18.1. The molecule has 3 aromatic rings. The third-order valence-corrected chi connectivity index (χ3v) is 5.04. The lowest BCUT2D eigenvalue weighted by Crippen LogP contribution is -2.28. The minimum absolute atomic E-state index is 0.0414. The van der Waals surface area contributed by atoms with E-state index in [9.17, 15) is 17.6 Å². The van der Waals surface area contributed by atoms with Gasteiger partial charge in [-0.1, -0.05) is 6.08 Å². The summed E-state index contributed by atoms with van der Waals surface area (Å²) in [6, 6.07) is 12.1. The maximum atomic E-state index is 14.2. The number of ether oxygens (including phenoxy) is 1. The van der Waals surface area contributed by atoms with Gasteiger partial charge in [-0.3, -0.25) is 4.79 Å². The van der Waals surface area contributed by atoms with Crippen LogP contribution in [0.5, 0.6) is 5.75 Å². The maximum Gasteiger partial charge on any atom is 0.258 e. The molecule has 1 aromatic heterocycles. The van der Waals surface area contributed by atoms with Gasteiger partial charge in [-0.25, -0.2) is 22.9 Å². The van der Waals surface area contributed by atoms with E-state index >= 15 is 0 Å². The molecule has 0 radical (unpaired) electrons. The van der Waals surface area contributed by atoms with Gasteiger partial charge in [-0.15, -0.1) is 6.58 Å². The second-order valence-corrected chi connectivity index (χ2v) is 8.18. The molecule has 0 aliphatic heterocycles. The summed E-state index contributed by atoms with van der Waals surface area (Å²) >= 11 is 0. The lowest BCUT2D eigenvalue weighted by atomic mass is 10.3. The van der Waals surface area contributed by atoms with Crippen molar-refractivity contribution in [2.45, 2.75) is 4.90 Å². The van der Waals surface area contributed by atoms with Gasteiger partial charge in [0.25, 0.3) is 5.91 Å². The molecule has 0 bridgehead atoms. The number of benzene rings is 2. The first-order valence-corrected chi connectivity index (χ1v) is 11.1. The van der Waals surface area contributed by atoms with E-state index in [-0.39, 0.29) is 29.2 Å². The second kappa shape index (κ2) is 10.5. The van der Waals surface area contributed by atoms with E-state index in [2.05, 4.69) is 32.5 Å². The van der Waals surface area contributed by atoms with Crippen molar-refractivity contribution in [3.05, 3.63) is 73.2 Å². The number of nitrogens with two attached hydrogens (primary N) is 1. The number of carbonyl (C=O) groups is 1. The number of hydrogen-bond acceptors (Lipinski definition) is 8. The molecular weight excluding hydrogens is 451 g/mol. The second-order valence-electron chi connectivity index (χ2n) is 6.62. The van der Waals surface area contributed by atoms with Gasteiger partial charge in [-0.2, -0.15) is 4.98 Å². The highest BCUT2D eigenvalue weighted by atomic mass is 32.2. The number of hydrogen-bond donors (Lipinski definition) is 4. The minimum Gasteiger partial charge on any atom is -0.484 e. The SMILES string of the molecule is C=CCNC(=O)COc1ccc(Nc2nc(Nc3ccc(S(N)(=O)=O)cc3)ncc2F)cc1. The van der Waals surface area contributed by atoms with Crippen molar-refractivity contribution in [2.24, 2.45) is 5.14 Å². The van der Waals surface area contributed by atoms with Crippen LogP contribution < -0.4 is 25.8 Å². The van der Waals surface area contributed by atoms with Crippen molar-refractivity contribution in [1.29, 1.82) is 0 Å². The Balaban J connectivity index is 1.64. The van der Waals surface area contributed by atoms with Crippen molar-refractivity contribution in [2.75, 3.05) is 23.8 Å². The molecule has 12 heteroatoms. The minimum atomic E-state index is -3.81. The smallest absolute Gasteiger partial charge is 0.258 e. The highest BCUT2D eigenvalue weighted by Crippen LogP contribution is 2.23. The summed E-state index contributed by atoms with van der Waals surface area (Å²) in [6.07, 6.45) is 2.56. The average molecular weight is 473 g/mol. The topological polar surface area (TPSA) is 148 Å². The highest BCUT2D eigenvalue weighted by Gasteiger charge is 2.10. The fourth-order valence-electron chi connectivity index (χ4n) is 2.53. The summed E-state index contributed by atoms with van der Waals surface area (Å²) in [5, 5.41) is 13.4. The van der Waals surface area contributed by atoms with E-state index in [1.54, 1.807) is 30.3 Å². The van der Waals surface area contributed by atoms with Gasteiger partial charge in [0, 0.05) is 17.9 Å². The number of nitrogens with one attached hydrogen (secondary N) is 3. The van der Waals surface area contributed by atoms with Crippen LogP contribution in [0.15, 0.2) is 72.3 Å². The summed E-state index contributed by atoms with van der Waals surface area (Å²) < 4.78 is 42.3. The Kier molecular flexibility index (Phi) is 7.53. The lowest BCUT2D eigenvalue weighted by molar-refractivity contribution is -0.122. The van der Waals surface area contributed by atoms with Crippen molar-refractivity contribution < 1.29 is 22.3 Å². The van der Waals surface area contributed by atoms with Crippen LogP contribution in [-0.2, 0) is 14.8 Å². The number of aromatic nitrogens is 2. The van der Waals surface area contributed by atoms with Crippen LogP contribution in [0.25, 0.3) is 0 Å². The Morgan fingerprint density at radius 1 is 1.09 bits per heavy atom. The molecule has 1 amide bonds. The molecule has 0 aliphatic rings. The summed E-state index contributed by atoms with van der Waals surface area (Å²) in [5.74, 6) is -0.481. The van der Waals surface area contributed by atoms with Gasteiger partial charge < -0.3 is 20.7 Å². The maximum absolute atomic E-state index is 14.2. The third-order valence-electron chi connectivity index (χ3n) is 4.11. The molecule has 0 spiro atoms. The van der Waals surface area contributed by atoms with Crippen molar-refractivity contribution in [1.82, 2.24) is 15.3 Å². The molecule has 10 nitrogen and oxygen atoms in total. The number of amides is 1. The van der Waals surface area contributed by atoms with E-state index < -0.39 is 15.8 Å². The highest BCUT2D eigenvalue weighted by molar-refractivity contribution is 7.89. The van der Waals surface area contributed by atoms with Crippen LogP contribution in [0.2, 0.25) is 0 Å². The quantitative estimate of drug-likeness (QED) is 0.329. The molecule has 2 aromatic carbocycles. The Morgan fingerprint density at radius 2 is 1.73 bits per heavy atom. The van der Waals surface area contributed by atoms with Gasteiger partial charge in [0.1, 0.15) is 5.75 Å². The van der Waals surface area contributed by atoms with Crippen LogP contribution >= 0.6 is 0 Å². The molecule has 33 heavy (non-hydrogen) atoms. The Bertz CT molecular complexity index is 1230. The van der Waals surface area contributed by atoms with Crippen LogP contribution in [-0.4, -0.2) is 37.4 Å². The predicted octanol–water partition coefficient (Wildman–Crippen LogP) is 2.43. The molecule has 3 rings (SSSR count). The monoisotopic (exact) mass is 472 g/mol. The number of carbonyl (C=O) groups excluding carboxylic acids is 1. The summed E-state index contributed by atoms with van der Waals surface area (Å²) in [4.78, 5) is 19.5. The van der Waals surface area contributed by atoms with Gasteiger partial charge in [-0.05, 0) is 48.5 Å². The molecule has 0 aliphatic carbocycles. The Labute approximate surface area is 189 Å². The first kappa shape index (κ1) is 23.6. The molecule has 0 fully saturated rings. The largest absolute Gasteiger partial charge is 0.484 e. The van der Waals surface area contributed by atoms with E-state index in [1.807, 2.05) is 0 Å². The van der Waals surface area contributed by atoms with Gasteiger partial charge in [0.15, 0.2) is 18.2 Å². The molecule has 0 saturated heterocycles. The summed E-state index contributed by atoms with van der Waals surface area (Å²) in [7, 11) is -3.81. The normalized spacial score (nSPS) is 10.8. The van der Waals surface area contributed by atoms with E-state index in [0.717, 1.165) is 6.20 Å². The Morgan fingerprint density at radius 3 is 2.36 bits per heavy atom. The van der Waals surface area contributed by atoms with Crippen LogP contribution in [0, 0.1) is 5.82 Å². The molecule has 5 N–H and O–H groups in total. The fourth-order valence-corrected chi connectivity index (χ4v) is 3.04. The van der Waals surface area contributed by atoms with Gasteiger partial charge in [0.05, 0.1) is 11.1 Å². The van der Waals surface area contributed by atoms with Gasteiger partial charge >= 0.3 is 0 Å². The number of primary sulfonamides is 1. The Hall–Kier alpha value is -4.03. The van der Waals surface area contributed by atoms with Crippen molar-refractivity contribution in [3.63, 3.8) is 0 Å². The zero-order chi connectivity index (χ0) is 23.8. The standard InChI is InChI=1S/C21H21FN6O4S/c1-2-11-24-19(29)13-32-16-7-3-14(4-8-16)26-20-18(22)12-25-21(28-20)27-15-5-9-17(10-6-15)33(23,30)31/h2-10,12H,1,11,13H2,(H,24,29)(H2,23,30,31)(H2,25,26,27,28). The van der Waals surface area contributed by atoms with Crippen molar-refractivity contribution >= 4 is 39.1 Å². The summed E-state index contributed by atoms with van der Waals surface area (Å²) in [5.41, 5.74) is 1.01. The average Bonchev–Trinajstić information content (AvgIpc) is 2.79. The third kappa shape index (κ3) is 6.98. The molecule has 0 saturated carbocycles. The number of nitrogens with zero attached hydrogens (tertiary/aromatic N) is 2. The van der Waals surface area contributed by atoms with Crippen LogP contribution in [0.1, 0.15) is 0 Å².